The van der Waals surface area contributed by atoms with Crippen LogP contribution in [0.1, 0.15) is 59.4 Å². The standard InChI is InChI=1S/C26H32F3N5O2/c1-16-12-30-24-32-23(31-18(3)19-6-5-7-21(17(19)2)26(27,28)29)20-13-33(14-22(20)34(16)24)15-25(35-4)8-10-36-11-9-25/h5-7,12,18H,8-11,13-15H2,1-4H3,(H,30,31,32). The summed E-state index contributed by atoms with van der Waals surface area (Å²) in [4.78, 5) is 11.6. The average molecular weight is 504 g/mol. The zero-order valence-electron chi connectivity index (χ0n) is 21.1. The van der Waals surface area contributed by atoms with Crippen molar-refractivity contribution in [3.63, 3.8) is 0 Å². The highest BCUT2D eigenvalue weighted by Crippen LogP contribution is 2.37. The Morgan fingerprint density at radius 1 is 1.19 bits per heavy atom. The molecule has 0 radical (unpaired) electrons. The SMILES string of the molecule is COC1(CN2Cc3c(NC(C)c4cccc(C(F)(F)F)c4C)nc4ncc(C)n4c3C2)CCOCC1. The van der Waals surface area contributed by atoms with Gasteiger partial charge >= 0.3 is 6.18 Å². The number of imidazole rings is 1. The normalized spacial score (nSPS) is 19.0. The Labute approximate surface area is 208 Å². The first-order valence-corrected chi connectivity index (χ1v) is 12.3. The number of aromatic nitrogens is 3. The largest absolute Gasteiger partial charge is 0.416 e. The van der Waals surface area contributed by atoms with Gasteiger partial charge in [0.25, 0.3) is 0 Å². The zero-order chi connectivity index (χ0) is 25.7. The predicted octanol–water partition coefficient (Wildman–Crippen LogP) is 5.05. The van der Waals surface area contributed by atoms with Crippen LogP contribution in [0.25, 0.3) is 5.78 Å². The minimum atomic E-state index is -4.40. The molecule has 0 amide bonds. The summed E-state index contributed by atoms with van der Waals surface area (Å²) in [5.74, 6) is 1.24. The quantitative estimate of drug-likeness (QED) is 0.508. The fraction of sp³-hybridized carbons (Fsp3) is 0.538. The van der Waals surface area contributed by atoms with Crippen LogP contribution in [0.3, 0.4) is 0 Å². The smallest absolute Gasteiger partial charge is 0.381 e. The molecule has 36 heavy (non-hydrogen) atoms. The van der Waals surface area contributed by atoms with Crippen LogP contribution in [0, 0.1) is 13.8 Å². The third kappa shape index (κ3) is 4.46. The number of alkyl halides is 3. The monoisotopic (exact) mass is 503 g/mol. The molecule has 10 heteroatoms. The molecule has 2 aliphatic heterocycles. The van der Waals surface area contributed by atoms with Gasteiger partial charge in [-0.2, -0.15) is 18.2 Å². The Balaban J connectivity index is 1.47. The third-order valence-electron chi connectivity index (χ3n) is 7.64. The highest BCUT2D eigenvalue weighted by molar-refractivity contribution is 5.56. The fourth-order valence-corrected chi connectivity index (χ4v) is 5.62. The number of nitrogens with zero attached hydrogens (tertiary/aromatic N) is 4. The van der Waals surface area contributed by atoms with Crippen LogP contribution < -0.4 is 5.32 Å². The van der Waals surface area contributed by atoms with Crippen LogP contribution in [0.15, 0.2) is 24.4 Å². The lowest BCUT2D eigenvalue weighted by molar-refractivity contribution is -0.138. The fourth-order valence-electron chi connectivity index (χ4n) is 5.62. The van der Waals surface area contributed by atoms with Gasteiger partial charge in [-0.05, 0) is 38.0 Å². The van der Waals surface area contributed by atoms with E-state index >= 15 is 0 Å². The Bertz CT molecular complexity index is 1270. The molecule has 194 valence electrons. The van der Waals surface area contributed by atoms with Crippen molar-refractivity contribution < 1.29 is 22.6 Å². The number of halogens is 3. The molecule has 3 aromatic rings. The van der Waals surface area contributed by atoms with E-state index in [0.29, 0.717) is 43.5 Å². The molecule has 0 bridgehead atoms. The van der Waals surface area contributed by atoms with Gasteiger partial charge in [0, 0.05) is 69.8 Å². The van der Waals surface area contributed by atoms with Gasteiger partial charge in [0.05, 0.1) is 23.4 Å². The van der Waals surface area contributed by atoms with E-state index in [1.54, 1.807) is 19.4 Å². The highest BCUT2D eigenvalue weighted by atomic mass is 19.4. The van der Waals surface area contributed by atoms with Gasteiger partial charge in [0.15, 0.2) is 0 Å². The van der Waals surface area contributed by atoms with E-state index in [-0.39, 0.29) is 17.2 Å². The van der Waals surface area contributed by atoms with Crippen LogP contribution in [0.5, 0.6) is 0 Å². The molecule has 1 N–H and O–H groups in total. The van der Waals surface area contributed by atoms with E-state index in [1.165, 1.54) is 13.0 Å². The second kappa shape index (κ2) is 9.32. The maximum atomic E-state index is 13.5. The van der Waals surface area contributed by atoms with E-state index in [1.807, 2.05) is 13.8 Å². The molecule has 7 nitrogen and oxygen atoms in total. The molecular formula is C26H32F3N5O2. The number of fused-ring (bicyclic) bond motifs is 3. The molecule has 1 saturated heterocycles. The Morgan fingerprint density at radius 2 is 1.94 bits per heavy atom. The lowest BCUT2D eigenvalue weighted by Gasteiger charge is -2.38. The first-order valence-electron chi connectivity index (χ1n) is 12.3. The second-order valence-corrected chi connectivity index (χ2v) is 9.95. The summed E-state index contributed by atoms with van der Waals surface area (Å²) in [6, 6.07) is 3.95. The highest BCUT2D eigenvalue weighted by Gasteiger charge is 2.38. The van der Waals surface area contributed by atoms with Gasteiger partial charge in [-0.15, -0.1) is 0 Å². The lowest BCUT2D eigenvalue weighted by Crippen LogP contribution is -2.47. The third-order valence-corrected chi connectivity index (χ3v) is 7.64. The molecule has 1 unspecified atom stereocenters. The van der Waals surface area contributed by atoms with Crippen molar-refractivity contribution in [2.75, 3.05) is 32.2 Å². The van der Waals surface area contributed by atoms with Crippen molar-refractivity contribution >= 4 is 11.6 Å². The maximum Gasteiger partial charge on any atom is 0.416 e. The van der Waals surface area contributed by atoms with Gasteiger partial charge in [-0.3, -0.25) is 9.30 Å². The summed E-state index contributed by atoms with van der Waals surface area (Å²) >= 11 is 0. The number of rotatable bonds is 6. The zero-order valence-corrected chi connectivity index (χ0v) is 21.1. The van der Waals surface area contributed by atoms with E-state index in [9.17, 15) is 13.2 Å². The minimum absolute atomic E-state index is 0.225. The Hall–Kier alpha value is -2.69. The average Bonchev–Trinajstić information content (AvgIpc) is 3.42. The number of ether oxygens (including phenoxy) is 2. The molecular weight excluding hydrogens is 471 g/mol. The summed E-state index contributed by atoms with van der Waals surface area (Å²) in [5, 5.41) is 3.42. The second-order valence-electron chi connectivity index (χ2n) is 9.95. The summed E-state index contributed by atoms with van der Waals surface area (Å²) in [6.45, 7) is 8.90. The van der Waals surface area contributed by atoms with Gasteiger partial charge in [-0.25, -0.2) is 4.98 Å². The van der Waals surface area contributed by atoms with Gasteiger partial charge in [0.1, 0.15) is 5.82 Å². The van der Waals surface area contributed by atoms with Crippen molar-refractivity contribution in [3.8, 4) is 0 Å². The van der Waals surface area contributed by atoms with Crippen LogP contribution in [-0.4, -0.2) is 51.7 Å². The molecule has 2 aliphatic rings. The van der Waals surface area contributed by atoms with E-state index in [0.717, 1.165) is 42.4 Å². The summed E-state index contributed by atoms with van der Waals surface area (Å²) in [6.07, 6.45) is -0.922. The van der Waals surface area contributed by atoms with E-state index in [2.05, 4.69) is 19.6 Å². The molecule has 0 spiro atoms. The maximum absolute atomic E-state index is 13.5. The van der Waals surface area contributed by atoms with E-state index in [4.69, 9.17) is 14.5 Å². The molecule has 0 aliphatic carbocycles. The molecule has 0 saturated carbocycles. The Kier molecular flexibility index (Phi) is 6.46. The lowest BCUT2D eigenvalue weighted by atomic mass is 9.93. The molecule has 1 fully saturated rings. The summed E-state index contributed by atoms with van der Waals surface area (Å²) in [5.41, 5.74) is 3.09. The Morgan fingerprint density at radius 3 is 2.64 bits per heavy atom. The number of methoxy groups -OCH3 is 1. The number of nitrogens with one attached hydrogen (secondary N) is 1. The topological polar surface area (TPSA) is 63.9 Å². The molecule has 4 heterocycles. The van der Waals surface area contributed by atoms with Gasteiger partial charge < -0.3 is 14.8 Å². The van der Waals surface area contributed by atoms with Crippen LogP contribution in [0.4, 0.5) is 19.0 Å². The molecule has 1 atom stereocenters. The number of anilines is 1. The van der Waals surface area contributed by atoms with E-state index < -0.39 is 11.7 Å². The minimum Gasteiger partial charge on any atom is -0.381 e. The summed E-state index contributed by atoms with van der Waals surface area (Å²) < 4.78 is 54.1. The first-order chi connectivity index (χ1) is 17.1. The number of hydrogen-bond donors (Lipinski definition) is 1. The van der Waals surface area contributed by atoms with Crippen molar-refractivity contribution in [1.82, 2.24) is 19.3 Å². The molecule has 5 rings (SSSR count). The summed E-state index contributed by atoms with van der Waals surface area (Å²) in [7, 11) is 1.76. The number of aryl methyl sites for hydroxylation is 1. The van der Waals surface area contributed by atoms with Crippen molar-refractivity contribution in [2.45, 2.75) is 64.5 Å². The molecule has 1 aromatic carbocycles. The number of benzene rings is 1. The predicted molar refractivity (Wildman–Crippen MR) is 130 cm³/mol. The van der Waals surface area contributed by atoms with Crippen molar-refractivity contribution in [2.24, 2.45) is 0 Å². The number of hydrogen-bond acceptors (Lipinski definition) is 6. The van der Waals surface area contributed by atoms with Gasteiger partial charge in [-0.1, -0.05) is 12.1 Å². The van der Waals surface area contributed by atoms with Crippen LogP contribution in [-0.2, 0) is 28.7 Å². The first kappa shape index (κ1) is 25.0. The van der Waals surface area contributed by atoms with Gasteiger partial charge in [0.2, 0.25) is 5.78 Å². The molecule has 2 aromatic heterocycles. The van der Waals surface area contributed by atoms with Crippen LogP contribution >= 0.6 is 0 Å². The van der Waals surface area contributed by atoms with Crippen molar-refractivity contribution in [1.29, 1.82) is 0 Å². The van der Waals surface area contributed by atoms with Crippen LogP contribution in [0.2, 0.25) is 0 Å². The van der Waals surface area contributed by atoms with Crippen molar-refractivity contribution in [3.05, 3.63) is 58.0 Å².